The van der Waals surface area contributed by atoms with Crippen LogP contribution in [-0.4, -0.2) is 42.4 Å². The van der Waals surface area contributed by atoms with Crippen molar-refractivity contribution in [2.45, 2.75) is 66.6 Å². The molecule has 0 atom stereocenters. The number of carbonyl (C=O) groups excluding carboxylic acids is 3. The van der Waals surface area contributed by atoms with Gasteiger partial charge in [-0.3, -0.25) is 9.69 Å². The van der Waals surface area contributed by atoms with Crippen molar-refractivity contribution in [2.24, 2.45) is 0 Å². The molecule has 0 aliphatic rings. The number of rotatable bonds is 6. The number of benzene rings is 1. The Morgan fingerprint density at radius 1 is 1.00 bits per heavy atom. The number of esters is 2. The fraction of sp³-hybridized carbons (Fsp3) is 0.522. The predicted octanol–water partition coefficient (Wildman–Crippen LogP) is 5.63. The lowest BCUT2D eigenvalue weighted by Crippen LogP contribution is -2.42. The molecule has 7 nitrogen and oxygen atoms in total. The zero-order valence-corrected chi connectivity index (χ0v) is 20.3. The van der Waals surface area contributed by atoms with Gasteiger partial charge in [-0.15, -0.1) is 0 Å². The minimum Gasteiger partial charge on any atom is -0.462 e. The molecule has 1 amide bonds. The molecule has 1 rings (SSSR count). The van der Waals surface area contributed by atoms with Gasteiger partial charge in [0, 0.05) is 5.56 Å². The third kappa shape index (κ3) is 7.90. The second kappa shape index (κ2) is 10.2. The summed E-state index contributed by atoms with van der Waals surface area (Å²) in [6.45, 7) is 17.3. The summed E-state index contributed by atoms with van der Waals surface area (Å²) in [5.74, 6) is -1.30. The van der Waals surface area contributed by atoms with Crippen molar-refractivity contribution in [3.05, 3.63) is 34.9 Å². The van der Waals surface area contributed by atoms with E-state index in [1.807, 2.05) is 0 Å². The van der Waals surface area contributed by atoms with Crippen molar-refractivity contribution in [3.8, 4) is 0 Å². The van der Waals surface area contributed by atoms with Crippen molar-refractivity contribution < 1.29 is 28.6 Å². The molecule has 1 aromatic rings. The van der Waals surface area contributed by atoms with Crippen LogP contribution in [0, 0.1) is 0 Å². The summed E-state index contributed by atoms with van der Waals surface area (Å²) in [5, 5.41) is 0.140. The maximum atomic E-state index is 13.0. The fourth-order valence-electron chi connectivity index (χ4n) is 2.69. The van der Waals surface area contributed by atoms with E-state index in [4.69, 9.17) is 25.8 Å². The quantitative estimate of drug-likeness (QED) is 0.410. The lowest BCUT2D eigenvalue weighted by atomic mass is 9.98. The normalized spacial score (nSPS) is 11.5. The molecular formula is C23H32ClNO6. The first-order valence-electron chi connectivity index (χ1n) is 9.95. The zero-order chi connectivity index (χ0) is 24.1. The Hall–Kier alpha value is -2.54. The summed E-state index contributed by atoms with van der Waals surface area (Å²) in [4.78, 5) is 39.3. The van der Waals surface area contributed by atoms with Crippen molar-refractivity contribution in [3.63, 3.8) is 0 Å². The number of allylic oxidation sites excluding steroid dienone is 1. The second-order valence-corrected chi connectivity index (χ2v) is 9.38. The van der Waals surface area contributed by atoms with Crippen LogP contribution in [-0.2, 0) is 19.0 Å². The van der Waals surface area contributed by atoms with Crippen LogP contribution in [0.1, 0.15) is 71.3 Å². The first-order valence-corrected chi connectivity index (χ1v) is 10.3. The number of nitrogens with zero attached hydrogens (tertiary/aromatic N) is 1. The lowest BCUT2D eigenvalue weighted by molar-refractivity contribution is -0.153. The Balaban J connectivity index is 3.64. The summed E-state index contributed by atoms with van der Waals surface area (Å²) < 4.78 is 16.0. The smallest absolute Gasteiger partial charge is 0.415 e. The highest BCUT2D eigenvalue weighted by molar-refractivity contribution is 6.34. The largest absolute Gasteiger partial charge is 0.462 e. The van der Waals surface area contributed by atoms with Crippen LogP contribution in [0.25, 0.3) is 5.57 Å². The molecule has 0 bridgehead atoms. The number of amides is 1. The Morgan fingerprint density at radius 3 is 2.00 bits per heavy atom. The van der Waals surface area contributed by atoms with Gasteiger partial charge in [0.1, 0.15) is 17.7 Å². The lowest BCUT2D eigenvalue weighted by Gasteiger charge is -2.30. The third-order valence-corrected chi connectivity index (χ3v) is 3.97. The molecule has 0 saturated carbocycles. The van der Waals surface area contributed by atoms with Gasteiger partial charge < -0.3 is 14.2 Å². The highest BCUT2D eigenvalue weighted by Crippen LogP contribution is 2.35. The molecule has 0 radical (unpaired) electrons. The first-order chi connectivity index (χ1) is 14.1. The van der Waals surface area contributed by atoms with Gasteiger partial charge in [0.25, 0.3) is 0 Å². The molecule has 31 heavy (non-hydrogen) atoms. The summed E-state index contributed by atoms with van der Waals surface area (Å²) in [7, 11) is 0. The summed E-state index contributed by atoms with van der Waals surface area (Å²) in [5.41, 5.74) is -0.516. The van der Waals surface area contributed by atoms with Crippen molar-refractivity contribution in [1.29, 1.82) is 0 Å². The Labute approximate surface area is 189 Å². The molecule has 0 aliphatic carbocycles. The van der Waals surface area contributed by atoms with Gasteiger partial charge in [-0.1, -0.05) is 18.2 Å². The topological polar surface area (TPSA) is 82.1 Å². The van der Waals surface area contributed by atoms with Crippen LogP contribution in [0.15, 0.2) is 18.7 Å². The molecule has 0 heterocycles. The fourth-order valence-corrected chi connectivity index (χ4v) is 2.93. The average Bonchev–Trinajstić information content (AvgIpc) is 2.56. The predicted molar refractivity (Wildman–Crippen MR) is 122 cm³/mol. The van der Waals surface area contributed by atoms with Gasteiger partial charge >= 0.3 is 18.0 Å². The van der Waals surface area contributed by atoms with Crippen LogP contribution in [0.4, 0.5) is 10.5 Å². The number of hydrogen-bond acceptors (Lipinski definition) is 6. The minimum atomic E-state index is -0.816. The first kappa shape index (κ1) is 26.5. The van der Waals surface area contributed by atoms with Gasteiger partial charge in [-0.05, 0) is 73.1 Å². The molecular weight excluding hydrogens is 422 g/mol. The monoisotopic (exact) mass is 453 g/mol. The van der Waals surface area contributed by atoms with E-state index in [0.717, 1.165) is 4.90 Å². The molecule has 0 unspecified atom stereocenters. The summed E-state index contributed by atoms with van der Waals surface area (Å²) >= 11 is 6.29. The van der Waals surface area contributed by atoms with Crippen molar-refractivity contribution in [1.82, 2.24) is 0 Å². The highest BCUT2D eigenvalue weighted by atomic mass is 35.5. The van der Waals surface area contributed by atoms with E-state index in [1.54, 1.807) is 55.4 Å². The van der Waals surface area contributed by atoms with Gasteiger partial charge in [-0.2, -0.15) is 0 Å². The molecule has 0 fully saturated rings. The maximum absolute atomic E-state index is 13.0. The molecule has 1 aromatic carbocycles. The molecule has 8 heteroatoms. The summed E-state index contributed by atoms with van der Waals surface area (Å²) in [6, 6.07) is 2.99. The van der Waals surface area contributed by atoms with Crippen LogP contribution in [0.2, 0.25) is 5.02 Å². The minimum absolute atomic E-state index is 0.0614. The number of halogens is 1. The third-order valence-electron chi connectivity index (χ3n) is 3.65. The van der Waals surface area contributed by atoms with Gasteiger partial charge in [0.2, 0.25) is 0 Å². The molecule has 0 N–H and O–H groups in total. The number of ether oxygens (including phenoxy) is 3. The zero-order valence-electron chi connectivity index (χ0n) is 19.6. The number of anilines is 1. The molecule has 0 aromatic heterocycles. The van der Waals surface area contributed by atoms with E-state index in [9.17, 15) is 14.4 Å². The second-order valence-electron chi connectivity index (χ2n) is 8.97. The maximum Gasteiger partial charge on any atom is 0.415 e. The van der Waals surface area contributed by atoms with Crippen LogP contribution in [0.3, 0.4) is 0 Å². The standard InChI is InChI=1S/C23H32ClNO6/c1-10-29-20(27)19-15(24)11-12-16(18(19)14(2)3)25(21(28)31-23(7,8)9)13-17(26)30-22(4,5)6/h11-12H,2,10,13H2,1,3-9H3. The number of carbonyl (C=O) groups is 3. The Kier molecular flexibility index (Phi) is 8.70. The molecule has 0 aliphatic heterocycles. The van der Waals surface area contributed by atoms with Crippen molar-refractivity contribution in [2.75, 3.05) is 18.1 Å². The van der Waals surface area contributed by atoms with Crippen LogP contribution in [0.5, 0.6) is 0 Å². The van der Waals surface area contributed by atoms with E-state index >= 15 is 0 Å². The van der Waals surface area contributed by atoms with E-state index < -0.39 is 35.8 Å². The van der Waals surface area contributed by atoms with Gasteiger partial charge in [0.05, 0.1) is 22.9 Å². The SMILES string of the molecule is C=C(C)c1c(N(CC(=O)OC(C)(C)C)C(=O)OC(C)(C)C)ccc(Cl)c1C(=O)OCC. The van der Waals surface area contributed by atoms with Crippen LogP contribution >= 0.6 is 11.6 Å². The van der Waals surface area contributed by atoms with E-state index in [0.29, 0.717) is 11.1 Å². The number of hydrogen-bond donors (Lipinski definition) is 0. The van der Waals surface area contributed by atoms with Crippen molar-refractivity contribution >= 4 is 40.9 Å². The van der Waals surface area contributed by atoms with E-state index in [2.05, 4.69) is 6.58 Å². The molecule has 172 valence electrons. The van der Waals surface area contributed by atoms with Crippen LogP contribution < -0.4 is 4.90 Å². The van der Waals surface area contributed by atoms with E-state index in [1.165, 1.54) is 12.1 Å². The van der Waals surface area contributed by atoms with Gasteiger partial charge in [-0.25, -0.2) is 9.59 Å². The highest BCUT2D eigenvalue weighted by Gasteiger charge is 2.31. The summed E-state index contributed by atoms with van der Waals surface area (Å²) in [6.07, 6.45) is -0.780. The van der Waals surface area contributed by atoms with E-state index in [-0.39, 0.29) is 22.9 Å². The molecule has 0 saturated heterocycles. The molecule has 0 spiro atoms. The van der Waals surface area contributed by atoms with Gasteiger partial charge in [0.15, 0.2) is 0 Å². The average molecular weight is 454 g/mol. The Bertz CT molecular complexity index is 864. The Morgan fingerprint density at radius 2 is 1.55 bits per heavy atom.